The molecule has 486 valence electrons. The second-order valence-corrected chi connectivity index (χ2v) is 25.5. The number of carbonyl (C=O) groups excluding carboxylic acids is 3. The van der Waals surface area contributed by atoms with Gasteiger partial charge in [-0.2, -0.15) is 0 Å². The first kappa shape index (κ1) is 80.2. The van der Waals surface area contributed by atoms with Gasteiger partial charge in [0.2, 0.25) is 0 Å². The minimum atomic E-state index is -1.62. The van der Waals surface area contributed by atoms with E-state index in [4.69, 9.17) is 18.9 Å². The maximum Gasteiger partial charge on any atom is 0.306 e. The normalized spacial score (nSPS) is 12.9. The molecule has 9 nitrogen and oxygen atoms in total. The molecule has 0 N–H and O–H groups in total. The summed E-state index contributed by atoms with van der Waals surface area (Å²) in [6.07, 6.45) is 80.6. The summed E-state index contributed by atoms with van der Waals surface area (Å²) in [4.78, 5) is 37.5. The largest absolute Gasteiger partial charge is 0.545 e. The van der Waals surface area contributed by atoms with Gasteiger partial charge in [0, 0.05) is 12.8 Å². The highest BCUT2D eigenvalue weighted by Crippen LogP contribution is 2.18. The molecule has 0 aromatic carbocycles. The van der Waals surface area contributed by atoms with Gasteiger partial charge in [-0.3, -0.25) is 9.59 Å². The van der Waals surface area contributed by atoms with Gasteiger partial charge in [0.1, 0.15) is 13.2 Å². The molecule has 0 rings (SSSR count). The minimum absolute atomic E-state index is 0.149. The molecule has 2 atom stereocenters. The Balaban J connectivity index is 4.03. The van der Waals surface area contributed by atoms with E-state index >= 15 is 0 Å². The van der Waals surface area contributed by atoms with Gasteiger partial charge >= 0.3 is 11.9 Å². The van der Waals surface area contributed by atoms with Gasteiger partial charge in [0.05, 0.1) is 40.3 Å². The van der Waals surface area contributed by atoms with Crippen molar-refractivity contribution < 1.29 is 42.9 Å². The van der Waals surface area contributed by atoms with Crippen molar-refractivity contribution in [2.45, 2.75) is 360 Å². The summed E-state index contributed by atoms with van der Waals surface area (Å²) in [6, 6.07) is 0. The van der Waals surface area contributed by atoms with Gasteiger partial charge in [0.15, 0.2) is 12.4 Å². The quantitative estimate of drug-likeness (QED) is 0.0195. The van der Waals surface area contributed by atoms with E-state index in [0.717, 1.165) is 51.4 Å². The number of aliphatic carboxylic acids is 1. The lowest BCUT2D eigenvalue weighted by molar-refractivity contribution is -0.870. The van der Waals surface area contributed by atoms with Gasteiger partial charge in [-0.05, 0) is 77.0 Å². The van der Waals surface area contributed by atoms with E-state index in [0.29, 0.717) is 17.4 Å². The molecular weight excluding hydrogens is 1030 g/mol. The Hall–Kier alpha value is -2.75. The zero-order valence-corrected chi connectivity index (χ0v) is 55.6. The lowest BCUT2D eigenvalue weighted by atomic mass is 10.0. The van der Waals surface area contributed by atoms with Crippen LogP contribution >= 0.6 is 0 Å². The second-order valence-electron chi connectivity index (χ2n) is 25.5. The number of rotatable bonds is 67. The fourth-order valence-electron chi connectivity index (χ4n) is 10.5. The maximum atomic E-state index is 12.9. The van der Waals surface area contributed by atoms with Crippen molar-refractivity contribution in [1.29, 1.82) is 0 Å². The number of carbonyl (C=O) groups is 3. The van der Waals surface area contributed by atoms with E-state index in [2.05, 4.69) is 62.5 Å². The molecule has 0 aliphatic carbocycles. The molecule has 0 amide bonds. The van der Waals surface area contributed by atoms with E-state index in [1.54, 1.807) is 0 Å². The lowest BCUT2D eigenvalue weighted by Crippen LogP contribution is -2.44. The van der Waals surface area contributed by atoms with Crippen molar-refractivity contribution in [3.8, 4) is 0 Å². The van der Waals surface area contributed by atoms with Crippen LogP contribution in [0.2, 0.25) is 0 Å². The zero-order valence-electron chi connectivity index (χ0n) is 55.6. The van der Waals surface area contributed by atoms with Crippen LogP contribution < -0.4 is 5.11 Å². The average molecular weight is 1170 g/mol. The number of quaternary nitrogens is 1. The Labute approximate surface area is 514 Å². The third kappa shape index (κ3) is 66.6. The predicted octanol–water partition coefficient (Wildman–Crippen LogP) is 20.8. The first-order valence-corrected chi connectivity index (χ1v) is 35.8. The first-order valence-electron chi connectivity index (χ1n) is 35.8. The van der Waals surface area contributed by atoms with Crippen LogP contribution in [0, 0.1) is 0 Å². The Morgan fingerprint density at radius 2 is 0.651 bits per heavy atom. The number of esters is 2. The molecule has 0 saturated carbocycles. The van der Waals surface area contributed by atoms with Crippen LogP contribution in [0.15, 0.2) is 48.6 Å². The van der Waals surface area contributed by atoms with Crippen LogP contribution in [0.25, 0.3) is 0 Å². The molecule has 0 radical (unpaired) electrons. The van der Waals surface area contributed by atoms with Crippen molar-refractivity contribution in [3.05, 3.63) is 48.6 Å². The predicted molar refractivity (Wildman–Crippen MR) is 352 cm³/mol. The summed E-state index contributed by atoms with van der Waals surface area (Å²) >= 11 is 0. The molecule has 0 heterocycles. The van der Waals surface area contributed by atoms with Crippen molar-refractivity contribution in [1.82, 2.24) is 0 Å². The molecule has 0 fully saturated rings. The van der Waals surface area contributed by atoms with Crippen LogP contribution in [0.1, 0.15) is 348 Å². The van der Waals surface area contributed by atoms with E-state index in [9.17, 15) is 19.5 Å². The van der Waals surface area contributed by atoms with Crippen LogP contribution in [-0.4, -0.2) is 82.3 Å². The number of hydrogen-bond donors (Lipinski definition) is 0. The van der Waals surface area contributed by atoms with E-state index in [-0.39, 0.29) is 32.2 Å². The van der Waals surface area contributed by atoms with Crippen molar-refractivity contribution >= 4 is 17.9 Å². The van der Waals surface area contributed by atoms with E-state index in [1.165, 1.54) is 270 Å². The molecule has 83 heavy (non-hydrogen) atoms. The SMILES string of the molecule is CCCCCCC/C=C\C/C=C\CCCCCCCCCCCCCCCCCCCCCCCCCC(=O)OC(COC(=O)CCCCCCCCCCCCC/C=C\C/C=C\CCCCCCC)COC(OCC[N+](C)(C)C)C(=O)[O-]. The van der Waals surface area contributed by atoms with Crippen LogP contribution in [0.5, 0.6) is 0 Å². The Bertz CT molecular complexity index is 1500. The number of unbranched alkanes of at least 4 members (excludes halogenated alkanes) is 44. The number of carboxylic acids is 1. The fraction of sp³-hybridized carbons (Fsp3) is 0.851. The van der Waals surface area contributed by atoms with E-state index < -0.39 is 24.3 Å². The molecule has 9 heteroatoms. The van der Waals surface area contributed by atoms with Crippen molar-refractivity contribution in [3.63, 3.8) is 0 Å². The zero-order chi connectivity index (χ0) is 60.5. The first-order chi connectivity index (χ1) is 40.6. The average Bonchev–Trinajstić information content (AvgIpc) is 3.46. The Morgan fingerprint density at radius 3 is 0.952 bits per heavy atom. The molecule has 0 saturated heterocycles. The maximum absolute atomic E-state index is 12.9. The summed E-state index contributed by atoms with van der Waals surface area (Å²) in [5.41, 5.74) is 0. The van der Waals surface area contributed by atoms with Gasteiger partial charge in [-0.15, -0.1) is 0 Å². The van der Waals surface area contributed by atoms with Gasteiger partial charge < -0.3 is 33.3 Å². The van der Waals surface area contributed by atoms with Gasteiger partial charge in [-0.1, -0.05) is 306 Å². The monoisotopic (exact) mass is 1170 g/mol. The minimum Gasteiger partial charge on any atom is -0.545 e. The summed E-state index contributed by atoms with van der Waals surface area (Å²) in [5.74, 6) is -2.26. The molecule has 0 aliphatic heterocycles. The molecule has 2 unspecified atom stereocenters. The topological polar surface area (TPSA) is 111 Å². The number of likely N-dealkylation sites (N-methyl/N-ethyl adjacent to an activating group) is 1. The Kier molecular flexibility index (Phi) is 63.1. The highest BCUT2D eigenvalue weighted by Gasteiger charge is 2.22. The van der Waals surface area contributed by atoms with E-state index in [1.807, 2.05) is 21.1 Å². The summed E-state index contributed by atoms with van der Waals surface area (Å²) in [5, 5.41) is 11.8. The third-order valence-corrected chi connectivity index (χ3v) is 16.0. The van der Waals surface area contributed by atoms with Crippen LogP contribution in [-0.2, 0) is 33.3 Å². The molecule has 0 aliphatic rings. The summed E-state index contributed by atoms with van der Waals surface area (Å²) in [7, 11) is 5.94. The van der Waals surface area contributed by atoms with Crippen LogP contribution in [0.4, 0.5) is 0 Å². The van der Waals surface area contributed by atoms with Crippen LogP contribution in [0.3, 0.4) is 0 Å². The number of nitrogens with zero attached hydrogens (tertiary/aromatic N) is 1. The third-order valence-electron chi connectivity index (χ3n) is 16.0. The van der Waals surface area contributed by atoms with Crippen molar-refractivity contribution in [2.75, 3.05) is 47.5 Å². The highest BCUT2D eigenvalue weighted by molar-refractivity contribution is 5.70. The molecule has 0 bridgehead atoms. The highest BCUT2D eigenvalue weighted by atomic mass is 16.7. The lowest BCUT2D eigenvalue weighted by Gasteiger charge is -2.26. The molecule has 0 aromatic heterocycles. The Morgan fingerprint density at radius 1 is 0.361 bits per heavy atom. The second kappa shape index (κ2) is 65.2. The molecule has 0 spiro atoms. The molecular formula is C74H137NO8. The molecule has 0 aromatic rings. The fourth-order valence-corrected chi connectivity index (χ4v) is 10.5. The summed E-state index contributed by atoms with van der Waals surface area (Å²) in [6.45, 7) is 4.78. The number of hydrogen-bond acceptors (Lipinski definition) is 8. The number of carboxylic acid groups (broad SMARTS) is 1. The summed E-state index contributed by atoms with van der Waals surface area (Å²) < 4.78 is 22.8. The number of ether oxygens (including phenoxy) is 4. The smallest absolute Gasteiger partial charge is 0.306 e. The standard InChI is InChI=1S/C74H137NO8/c1-6-8-10-12-14-16-18-20-22-24-26-28-30-31-32-33-34-35-36-37-38-39-40-41-43-45-47-49-51-53-55-57-59-61-63-65-72(77)83-70(69-82-74(73(78)79)80-67-66-75(3,4)5)68-81-71(76)64-62-60-58-56-54-52-50-48-46-44-42-29-27-25-23-21-19-17-15-13-11-9-7-2/h18-21,24-27,70,74H,6-17,22-23,28-69H2,1-5H3/b20-18-,21-19-,26-24-,27-25-. The van der Waals surface area contributed by atoms with Gasteiger partial charge in [-0.25, -0.2) is 0 Å². The van der Waals surface area contributed by atoms with Crippen molar-refractivity contribution in [2.24, 2.45) is 0 Å². The van der Waals surface area contributed by atoms with Gasteiger partial charge in [0.25, 0.3) is 0 Å². The number of allylic oxidation sites excluding steroid dienone is 8.